The van der Waals surface area contributed by atoms with E-state index < -0.39 is 12.2 Å². The Morgan fingerprint density at radius 1 is 1.31 bits per heavy atom. The number of carbonyl (C=O) groups excluding carboxylic acids is 2. The normalized spacial score (nSPS) is 11.9. The van der Waals surface area contributed by atoms with Crippen molar-refractivity contribution < 1.29 is 14.3 Å². The van der Waals surface area contributed by atoms with Crippen LogP contribution in [0.2, 0.25) is 0 Å². The van der Waals surface area contributed by atoms with E-state index >= 15 is 0 Å². The molecule has 0 radical (unpaired) electrons. The molecule has 0 heterocycles. The molecular formula is C12H15NO3. The number of ether oxygens (including phenoxy) is 1. The summed E-state index contributed by atoms with van der Waals surface area (Å²) in [5.74, 6) is -0.645. The molecule has 1 aromatic carbocycles. The molecule has 0 aliphatic heterocycles. The first-order valence-corrected chi connectivity index (χ1v) is 5.15. The lowest BCUT2D eigenvalue weighted by Crippen LogP contribution is -2.38. The van der Waals surface area contributed by atoms with E-state index in [9.17, 15) is 9.59 Å². The van der Waals surface area contributed by atoms with Gasteiger partial charge in [-0.25, -0.2) is 4.79 Å². The molecular weight excluding hydrogens is 206 g/mol. The zero-order chi connectivity index (χ0) is 12.0. The van der Waals surface area contributed by atoms with E-state index in [0.717, 1.165) is 0 Å². The highest BCUT2D eigenvalue weighted by Gasteiger charge is 2.19. The molecule has 0 amide bonds. The zero-order valence-electron chi connectivity index (χ0n) is 9.40. The van der Waals surface area contributed by atoms with Crippen LogP contribution in [0.1, 0.15) is 23.7 Å². The second kappa shape index (κ2) is 6.02. The summed E-state index contributed by atoms with van der Waals surface area (Å²) >= 11 is 0. The van der Waals surface area contributed by atoms with Crippen LogP contribution in [-0.4, -0.2) is 25.0 Å². The topological polar surface area (TPSA) is 55.4 Å². The van der Waals surface area contributed by atoms with E-state index in [1.54, 1.807) is 38.2 Å². The number of hydrogen-bond donors (Lipinski definition) is 1. The van der Waals surface area contributed by atoms with E-state index in [1.165, 1.54) is 0 Å². The summed E-state index contributed by atoms with van der Waals surface area (Å²) in [6, 6.07) is 8.58. The van der Waals surface area contributed by atoms with E-state index in [4.69, 9.17) is 4.74 Å². The Bertz CT molecular complexity index is 362. The Morgan fingerprint density at radius 3 is 2.44 bits per heavy atom. The van der Waals surface area contributed by atoms with Crippen molar-refractivity contribution in [2.75, 3.05) is 7.05 Å². The molecule has 0 spiro atoms. The Labute approximate surface area is 94.6 Å². The van der Waals surface area contributed by atoms with Crippen LogP contribution in [-0.2, 0) is 9.53 Å². The fourth-order valence-electron chi connectivity index (χ4n) is 1.22. The van der Waals surface area contributed by atoms with Gasteiger partial charge in [-0.3, -0.25) is 10.1 Å². The van der Waals surface area contributed by atoms with Gasteiger partial charge in [0.2, 0.25) is 6.23 Å². The first-order chi connectivity index (χ1) is 7.69. The van der Waals surface area contributed by atoms with Crippen LogP contribution in [0.25, 0.3) is 0 Å². The minimum Gasteiger partial charge on any atom is -0.435 e. The molecule has 0 fully saturated rings. The lowest BCUT2D eigenvalue weighted by atomic mass is 10.2. The molecule has 1 aromatic rings. The molecule has 0 aliphatic rings. The van der Waals surface area contributed by atoms with E-state index in [1.807, 2.05) is 6.07 Å². The van der Waals surface area contributed by atoms with Gasteiger partial charge in [0.15, 0.2) is 5.78 Å². The number of likely N-dealkylation sites (N-methyl/N-ethyl adjacent to an activating group) is 1. The summed E-state index contributed by atoms with van der Waals surface area (Å²) in [4.78, 5) is 23.0. The largest absolute Gasteiger partial charge is 0.435 e. The molecule has 1 unspecified atom stereocenters. The van der Waals surface area contributed by atoms with Gasteiger partial charge < -0.3 is 4.74 Å². The molecule has 1 N–H and O–H groups in total. The zero-order valence-corrected chi connectivity index (χ0v) is 9.40. The molecule has 16 heavy (non-hydrogen) atoms. The summed E-state index contributed by atoms with van der Waals surface area (Å²) in [6.07, 6.45) is -0.536. The Kier molecular flexibility index (Phi) is 4.66. The predicted octanol–water partition coefficient (Wildman–Crippen LogP) is 1.37. The molecule has 0 aromatic heterocycles. The molecule has 0 aliphatic carbocycles. The van der Waals surface area contributed by atoms with E-state index in [0.29, 0.717) is 12.0 Å². The van der Waals surface area contributed by atoms with Gasteiger partial charge in [-0.15, -0.1) is 0 Å². The van der Waals surface area contributed by atoms with Crippen LogP contribution in [0.15, 0.2) is 30.3 Å². The number of nitrogens with one attached hydrogen (secondary N) is 1. The summed E-state index contributed by atoms with van der Waals surface area (Å²) in [5.41, 5.74) is 0.437. The van der Waals surface area contributed by atoms with Crippen LogP contribution in [0.3, 0.4) is 0 Å². The van der Waals surface area contributed by atoms with Crippen molar-refractivity contribution in [2.45, 2.75) is 19.6 Å². The maximum Gasteiger partial charge on any atom is 0.340 e. The highest BCUT2D eigenvalue weighted by molar-refractivity contribution is 5.92. The van der Waals surface area contributed by atoms with Crippen LogP contribution < -0.4 is 5.32 Å². The van der Waals surface area contributed by atoms with Gasteiger partial charge in [-0.1, -0.05) is 25.1 Å². The number of Topliss-reactive ketones (excluding diaryl/α,β-unsaturated/α-hetero) is 1. The van der Waals surface area contributed by atoms with Gasteiger partial charge in [-0.2, -0.15) is 0 Å². The molecule has 0 saturated carbocycles. The van der Waals surface area contributed by atoms with Gasteiger partial charge in [0.1, 0.15) is 0 Å². The van der Waals surface area contributed by atoms with E-state index in [-0.39, 0.29) is 5.78 Å². The first-order valence-electron chi connectivity index (χ1n) is 5.15. The third-order valence-corrected chi connectivity index (χ3v) is 2.14. The average molecular weight is 221 g/mol. The summed E-state index contributed by atoms with van der Waals surface area (Å²) in [6.45, 7) is 1.73. The van der Waals surface area contributed by atoms with Crippen molar-refractivity contribution in [3.8, 4) is 0 Å². The fraction of sp³-hybridized carbons (Fsp3) is 0.333. The van der Waals surface area contributed by atoms with Crippen molar-refractivity contribution in [3.63, 3.8) is 0 Å². The third kappa shape index (κ3) is 3.17. The molecule has 4 nitrogen and oxygen atoms in total. The standard InChI is InChI=1S/C12H15NO3/c1-3-10(14)11(13-2)16-12(15)9-7-5-4-6-8-9/h4-8,11,13H,3H2,1-2H3. The number of esters is 1. The fourth-order valence-corrected chi connectivity index (χ4v) is 1.22. The lowest BCUT2D eigenvalue weighted by molar-refractivity contribution is -0.128. The van der Waals surface area contributed by atoms with Crippen molar-refractivity contribution in [2.24, 2.45) is 0 Å². The second-order valence-corrected chi connectivity index (χ2v) is 3.26. The number of ketones is 1. The SMILES string of the molecule is CCC(=O)C(NC)OC(=O)c1ccccc1. The predicted molar refractivity (Wildman–Crippen MR) is 60.0 cm³/mol. The molecule has 0 saturated heterocycles. The highest BCUT2D eigenvalue weighted by atomic mass is 16.6. The van der Waals surface area contributed by atoms with Gasteiger partial charge in [0, 0.05) is 6.42 Å². The number of benzene rings is 1. The third-order valence-electron chi connectivity index (χ3n) is 2.14. The van der Waals surface area contributed by atoms with Gasteiger partial charge in [0.05, 0.1) is 5.56 Å². The maximum absolute atomic E-state index is 11.6. The van der Waals surface area contributed by atoms with Crippen LogP contribution in [0.5, 0.6) is 0 Å². The Morgan fingerprint density at radius 2 is 1.94 bits per heavy atom. The molecule has 86 valence electrons. The maximum atomic E-state index is 11.6. The quantitative estimate of drug-likeness (QED) is 0.602. The summed E-state index contributed by atoms with van der Waals surface area (Å²) < 4.78 is 5.04. The van der Waals surface area contributed by atoms with Crippen LogP contribution in [0.4, 0.5) is 0 Å². The second-order valence-electron chi connectivity index (χ2n) is 3.26. The summed E-state index contributed by atoms with van der Waals surface area (Å²) in [7, 11) is 1.58. The van der Waals surface area contributed by atoms with Gasteiger partial charge >= 0.3 is 5.97 Å². The molecule has 1 atom stereocenters. The van der Waals surface area contributed by atoms with Crippen LogP contribution in [0, 0.1) is 0 Å². The van der Waals surface area contributed by atoms with Gasteiger partial charge in [0.25, 0.3) is 0 Å². The Balaban J connectivity index is 2.66. The van der Waals surface area contributed by atoms with Crippen molar-refractivity contribution in [1.82, 2.24) is 5.32 Å². The summed E-state index contributed by atoms with van der Waals surface area (Å²) in [5, 5.41) is 2.66. The number of hydrogen-bond acceptors (Lipinski definition) is 4. The van der Waals surface area contributed by atoms with Gasteiger partial charge in [-0.05, 0) is 19.2 Å². The minimum atomic E-state index is -0.863. The minimum absolute atomic E-state index is 0.146. The van der Waals surface area contributed by atoms with Crippen molar-refractivity contribution >= 4 is 11.8 Å². The van der Waals surface area contributed by atoms with Crippen molar-refractivity contribution in [1.29, 1.82) is 0 Å². The average Bonchev–Trinajstić information content (AvgIpc) is 2.35. The molecule has 4 heteroatoms. The number of rotatable bonds is 5. The van der Waals surface area contributed by atoms with E-state index in [2.05, 4.69) is 5.32 Å². The lowest BCUT2D eigenvalue weighted by Gasteiger charge is -2.14. The van der Waals surface area contributed by atoms with Crippen LogP contribution >= 0.6 is 0 Å². The number of carbonyl (C=O) groups is 2. The highest BCUT2D eigenvalue weighted by Crippen LogP contribution is 2.04. The smallest absolute Gasteiger partial charge is 0.340 e. The monoisotopic (exact) mass is 221 g/mol. The van der Waals surface area contributed by atoms with Crippen molar-refractivity contribution in [3.05, 3.63) is 35.9 Å². The first kappa shape index (κ1) is 12.4. The molecule has 0 bridgehead atoms. The Hall–Kier alpha value is -1.68. The molecule has 1 rings (SSSR count).